The van der Waals surface area contributed by atoms with Gasteiger partial charge in [0.2, 0.25) is 5.91 Å². The molecule has 1 aromatic rings. The number of nitrogens with zero attached hydrogens (tertiary/aromatic N) is 3. The van der Waals surface area contributed by atoms with Gasteiger partial charge < -0.3 is 10.6 Å². The van der Waals surface area contributed by atoms with Crippen molar-refractivity contribution in [2.45, 2.75) is 19.9 Å². The Hall–Kier alpha value is -1.43. The summed E-state index contributed by atoms with van der Waals surface area (Å²) in [4.78, 5) is 15.3. The zero-order valence-electron chi connectivity index (χ0n) is 9.16. The molecule has 0 aliphatic heterocycles. The van der Waals surface area contributed by atoms with Gasteiger partial charge in [-0.15, -0.1) is 0 Å². The van der Waals surface area contributed by atoms with Crippen LogP contribution in [-0.4, -0.2) is 33.8 Å². The third-order valence-electron chi connectivity index (χ3n) is 1.87. The molecule has 0 aliphatic carbocycles. The van der Waals surface area contributed by atoms with E-state index >= 15 is 0 Å². The first-order valence-corrected chi connectivity index (χ1v) is 5.04. The molecule has 15 heavy (non-hydrogen) atoms. The van der Waals surface area contributed by atoms with Crippen molar-refractivity contribution in [1.82, 2.24) is 25.4 Å². The lowest BCUT2D eigenvalue weighted by Gasteiger charge is -2.02. The van der Waals surface area contributed by atoms with Crippen molar-refractivity contribution in [2.24, 2.45) is 7.05 Å². The maximum atomic E-state index is 11.3. The summed E-state index contributed by atoms with van der Waals surface area (Å²) in [5.74, 6) is 0.651. The van der Waals surface area contributed by atoms with Gasteiger partial charge >= 0.3 is 0 Å². The van der Waals surface area contributed by atoms with Crippen molar-refractivity contribution in [1.29, 1.82) is 0 Å². The van der Waals surface area contributed by atoms with Crippen molar-refractivity contribution in [3.63, 3.8) is 0 Å². The van der Waals surface area contributed by atoms with Crippen LogP contribution in [-0.2, 0) is 18.4 Å². The largest absolute Gasteiger partial charge is 0.349 e. The first-order valence-electron chi connectivity index (χ1n) is 5.04. The maximum absolute atomic E-state index is 11.3. The van der Waals surface area contributed by atoms with Gasteiger partial charge in [0.1, 0.15) is 6.33 Å². The lowest BCUT2D eigenvalue weighted by Crippen LogP contribution is -2.27. The van der Waals surface area contributed by atoms with Gasteiger partial charge in [-0.2, -0.15) is 5.10 Å². The topological polar surface area (TPSA) is 71.8 Å². The third-order valence-corrected chi connectivity index (χ3v) is 1.87. The molecule has 0 saturated heterocycles. The number of hydrogen-bond acceptors (Lipinski definition) is 4. The number of carbonyl (C=O) groups excluding carboxylic acids is 1. The van der Waals surface area contributed by atoms with E-state index in [1.807, 2.05) is 6.92 Å². The first kappa shape index (κ1) is 11.6. The summed E-state index contributed by atoms with van der Waals surface area (Å²) >= 11 is 0. The highest BCUT2D eigenvalue weighted by Gasteiger charge is 2.02. The average molecular weight is 211 g/mol. The van der Waals surface area contributed by atoms with E-state index in [2.05, 4.69) is 20.7 Å². The van der Waals surface area contributed by atoms with Crippen LogP contribution in [0.4, 0.5) is 0 Å². The highest BCUT2D eigenvalue weighted by Crippen LogP contribution is 1.87. The number of carbonyl (C=O) groups is 1. The second-order valence-corrected chi connectivity index (χ2v) is 3.21. The van der Waals surface area contributed by atoms with E-state index in [4.69, 9.17) is 0 Å². The normalized spacial score (nSPS) is 10.3. The molecule has 0 aromatic carbocycles. The predicted molar refractivity (Wildman–Crippen MR) is 56.0 cm³/mol. The Bertz CT molecular complexity index is 309. The van der Waals surface area contributed by atoms with E-state index in [9.17, 15) is 4.79 Å². The molecule has 0 unspecified atom stereocenters. The zero-order valence-corrected chi connectivity index (χ0v) is 9.16. The molecule has 1 amide bonds. The van der Waals surface area contributed by atoms with Crippen LogP contribution in [0.25, 0.3) is 0 Å². The van der Waals surface area contributed by atoms with Crippen molar-refractivity contribution >= 4 is 5.91 Å². The summed E-state index contributed by atoms with van der Waals surface area (Å²) in [5.41, 5.74) is 0. The van der Waals surface area contributed by atoms with Crippen LogP contribution in [0.5, 0.6) is 0 Å². The Morgan fingerprint density at radius 3 is 3.00 bits per heavy atom. The number of rotatable bonds is 6. The van der Waals surface area contributed by atoms with Crippen LogP contribution < -0.4 is 10.6 Å². The van der Waals surface area contributed by atoms with Crippen molar-refractivity contribution in [2.75, 3.05) is 13.1 Å². The van der Waals surface area contributed by atoms with E-state index in [-0.39, 0.29) is 5.91 Å². The van der Waals surface area contributed by atoms with Gasteiger partial charge in [0.25, 0.3) is 0 Å². The second kappa shape index (κ2) is 6.13. The molecule has 0 spiro atoms. The van der Waals surface area contributed by atoms with Crippen LogP contribution in [0.15, 0.2) is 6.33 Å². The minimum Gasteiger partial charge on any atom is -0.349 e. The summed E-state index contributed by atoms with van der Waals surface area (Å²) in [6.07, 6.45) is 2.10. The summed E-state index contributed by atoms with van der Waals surface area (Å²) in [6.45, 7) is 3.99. The smallest absolute Gasteiger partial charge is 0.221 e. The molecule has 0 radical (unpaired) electrons. The molecule has 0 bridgehead atoms. The van der Waals surface area contributed by atoms with E-state index in [0.717, 1.165) is 6.54 Å². The van der Waals surface area contributed by atoms with Gasteiger partial charge in [-0.3, -0.25) is 9.48 Å². The molecule has 0 atom stereocenters. The zero-order chi connectivity index (χ0) is 11.1. The monoisotopic (exact) mass is 211 g/mol. The quantitative estimate of drug-likeness (QED) is 0.618. The Labute approximate surface area is 89.1 Å². The van der Waals surface area contributed by atoms with E-state index in [0.29, 0.717) is 25.3 Å². The van der Waals surface area contributed by atoms with Gasteiger partial charge in [0.05, 0.1) is 6.54 Å². The van der Waals surface area contributed by atoms with E-state index < -0.39 is 0 Å². The fraction of sp³-hybridized carbons (Fsp3) is 0.667. The molecule has 1 aromatic heterocycles. The summed E-state index contributed by atoms with van der Waals surface area (Å²) in [5, 5.41) is 9.89. The molecular weight excluding hydrogens is 194 g/mol. The highest BCUT2D eigenvalue weighted by atomic mass is 16.1. The number of aromatic nitrogens is 3. The number of hydrogen-bond donors (Lipinski definition) is 2. The minimum absolute atomic E-state index is 0.0170. The van der Waals surface area contributed by atoms with Crippen molar-refractivity contribution < 1.29 is 4.79 Å². The standard InChI is InChI=1S/C9H17N5O/c1-3-10-5-4-9(15)11-6-8-12-7-14(2)13-8/h7,10H,3-6H2,1-2H3,(H,11,15). The predicted octanol–water partition coefficient (Wildman–Crippen LogP) is -0.569. The Morgan fingerprint density at radius 2 is 2.40 bits per heavy atom. The first-order chi connectivity index (χ1) is 7.22. The number of amides is 1. The molecular formula is C9H17N5O. The van der Waals surface area contributed by atoms with Crippen LogP contribution in [0.1, 0.15) is 19.2 Å². The van der Waals surface area contributed by atoms with E-state index in [1.165, 1.54) is 0 Å². The molecule has 0 aliphatic rings. The Morgan fingerprint density at radius 1 is 1.60 bits per heavy atom. The van der Waals surface area contributed by atoms with Crippen LogP contribution in [0.2, 0.25) is 0 Å². The van der Waals surface area contributed by atoms with Crippen LogP contribution >= 0.6 is 0 Å². The minimum atomic E-state index is 0.0170. The van der Waals surface area contributed by atoms with Gasteiger partial charge in [-0.05, 0) is 6.54 Å². The van der Waals surface area contributed by atoms with E-state index in [1.54, 1.807) is 18.1 Å². The second-order valence-electron chi connectivity index (χ2n) is 3.21. The average Bonchev–Trinajstić information content (AvgIpc) is 2.62. The van der Waals surface area contributed by atoms with Gasteiger partial charge in [-0.25, -0.2) is 4.98 Å². The summed E-state index contributed by atoms with van der Waals surface area (Å²) in [7, 11) is 1.80. The molecule has 1 heterocycles. The van der Waals surface area contributed by atoms with Gasteiger partial charge in [0.15, 0.2) is 5.82 Å². The summed E-state index contributed by atoms with van der Waals surface area (Å²) in [6, 6.07) is 0. The molecule has 84 valence electrons. The van der Waals surface area contributed by atoms with Crippen molar-refractivity contribution in [3.8, 4) is 0 Å². The summed E-state index contributed by atoms with van der Waals surface area (Å²) < 4.78 is 1.61. The van der Waals surface area contributed by atoms with Gasteiger partial charge in [0, 0.05) is 20.0 Å². The molecule has 0 saturated carbocycles. The van der Waals surface area contributed by atoms with Crippen LogP contribution in [0, 0.1) is 0 Å². The molecule has 2 N–H and O–H groups in total. The molecule has 0 fully saturated rings. The third kappa shape index (κ3) is 4.55. The Balaban J connectivity index is 2.16. The lowest BCUT2D eigenvalue weighted by atomic mass is 10.4. The number of aryl methyl sites for hydroxylation is 1. The fourth-order valence-corrected chi connectivity index (χ4v) is 1.11. The molecule has 1 rings (SSSR count). The van der Waals surface area contributed by atoms with Gasteiger partial charge in [-0.1, -0.05) is 6.92 Å². The SMILES string of the molecule is CCNCCC(=O)NCc1ncn(C)n1. The lowest BCUT2D eigenvalue weighted by molar-refractivity contribution is -0.121. The molecule has 6 heteroatoms. The molecule has 6 nitrogen and oxygen atoms in total. The number of nitrogens with one attached hydrogen (secondary N) is 2. The van der Waals surface area contributed by atoms with Crippen LogP contribution in [0.3, 0.4) is 0 Å². The maximum Gasteiger partial charge on any atom is 0.221 e. The Kier molecular flexibility index (Phi) is 4.76. The fourth-order valence-electron chi connectivity index (χ4n) is 1.11. The highest BCUT2D eigenvalue weighted by molar-refractivity contribution is 5.75. The van der Waals surface area contributed by atoms with Crippen molar-refractivity contribution in [3.05, 3.63) is 12.2 Å².